The summed E-state index contributed by atoms with van der Waals surface area (Å²) in [7, 11) is -3.74. The minimum atomic E-state index is -3.74. The first-order chi connectivity index (χ1) is 21.3. The van der Waals surface area contributed by atoms with Crippen molar-refractivity contribution in [3.05, 3.63) is 130 Å². The SMILES string of the molecule is O=C(NCc1ccccc1)[C@]1(CCS(=O)(=O)c2ccccc2)N=C(c2ccc(OCCCO)cc2)O[C@@H]1c1ccc(Br)cc1. The number of aliphatic hydroxyl groups is 1. The molecule has 8 nitrogen and oxygen atoms in total. The van der Waals surface area contributed by atoms with Crippen LogP contribution in [0.1, 0.15) is 35.6 Å². The highest BCUT2D eigenvalue weighted by Crippen LogP contribution is 2.43. The maximum Gasteiger partial charge on any atom is 0.252 e. The van der Waals surface area contributed by atoms with E-state index in [-0.39, 0.29) is 36.1 Å². The summed E-state index contributed by atoms with van der Waals surface area (Å²) in [5, 5.41) is 12.0. The summed E-state index contributed by atoms with van der Waals surface area (Å²) in [4.78, 5) is 19.4. The van der Waals surface area contributed by atoms with E-state index < -0.39 is 27.4 Å². The van der Waals surface area contributed by atoms with Crippen LogP contribution in [-0.4, -0.2) is 49.8 Å². The first-order valence-corrected chi connectivity index (χ1v) is 16.7. The number of amides is 1. The molecule has 2 atom stereocenters. The van der Waals surface area contributed by atoms with Gasteiger partial charge in [0.15, 0.2) is 21.5 Å². The van der Waals surface area contributed by atoms with E-state index in [1.165, 1.54) is 0 Å². The molecule has 1 aliphatic rings. The first kappa shape index (κ1) is 31.4. The lowest BCUT2D eigenvalue weighted by Crippen LogP contribution is -2.49. The summed E-state index contributed by atoms with van der Waals surface area (Å²) in [6.07, 6.45) is -0.496. The number of nitrogens with zero attached hydrogens (tertiary/aromatic N) is 1. The van der Waals surface area contributed by atoms with Crippen LogP contribution in [0.4, 0.5) is 0 Å². The summed E-state index contributed by atoms with van der Waals surface area (Å²) in [6, 6.07) is 32.2. The van der Waals surface area contributed by atoms with E-state index in [9.17, 15) is 13.2 Å². The third-order valence-corrected chi connectivity index (χ3v) is 9.61. The average molecular weight is 678 g/mol. The van der Waals surface area contributed by atoms with Crippen molar-refractivity contribution in [2.75, 3.05) is 19.0 Å². The molecule has 4 aromatic rings. The van der Waals surface area contributed by atoms with Gasteiger partial charge in [-0.05, 0) is 59.7 Å². The van der Waals surface area contributed by atoms with E-state index in [1.807, 2.05) is 54.6 Å². The van der Waals surface area contributed by atoms with Gasteiger partial charge in [0.25, 0.3) is 5.91 Å². The predicted molar refractivity (Wildman–Crippen MR) is 172 cm³/mol. The molecule has 0 aromatic heterocycles. The van der Waals surface area contributed by atoms with Gasteiger partial charge in [-0.1, -0.05) is 76.6 Å². The van der Waals surface area contributed by atoms with Crippen molar-refractivity contribution in [1.82, 2.24) is 5.32 Å². The molecule has 228 valence electrons. The predicted octanol–water partition coefficient (Wildman–Crippen LogP) is 5.65. The molecular weight excluding hydrogens is 644 g/mol. The molecule has 1 heterocycles. The lowest BCUT2D eigenvalue weighted by molar-refractivity contribution is -0.129. The molecule has 0 unspecified atom stereocenters. The second-order valence-electron chi connectivity index (χ2n) is 10.4. The number of ether oxygens (including phenoxy) is 2. The first-order valence-electron chi connectivity index (χ1n) is 14.3. The molecule has 1 aliphatic heterocycles. The third kappa shape index (κ3) is 7.38. The van der Waals surface area contributed by atoms with Crippen LogP contribution in [0, 0.1) is 0 Å². The average Bonchev–Trinajstić information content (AvgIpc) is 3.45. The Bertz CT molecular complexity index is 1680. The van der Waals surface area contributed by atoms with E-state index in [0.717, 1.165) is 10.0 Å². The summed E-state index contributed by atoms with van der Waals surface area (Å²) in [5.74, 6) is 0.0926. The monoisotopic (exact) mass is 676 g/mol. The Hall–Kier alpha value is -3.99. The zero-order valence-corrected chi connectivity index (χ0v) is 26.3. The molecule has 5 rings (SSSR count). The van der Waals surface area contributed by atoms with Gasteiger partial charge in [-0.2, -0.15) is 0 Å². The van der Waals surface area contributed by atoms with Gasteiger partial charge in [0.1, 0.15) is 5.75 Å². The number of nitrogens with one attached hydrogen (secondary N) is 1. The van der Waals surface area contributed by atoms with Gasteiger partial charge < -0.3 is 19.9 Å². The minimum Gasteiger partial charge on any atom is -0.494 e. The quantitative estimate of drug-likeness (QED) is 0.177. The molecule has 4 aromatic carbocycles. The standard InChI is InChI=1S/C34H33BrN2O6S/c35-28-16-12-26(13-17-28)31-34(33(39)36-24-25-8-3-1-4-9-25,20-23-44(40,41)30-10-5-2-6-11-30)37-32(43-31)27-14-18-29(19-15-27)42-22-7-21-38/h1-6,8-19,31,38H,7,20-24H2,(H,36,39)/t31-,34-/m1/s1. The highest BCUT2D eigenvalue weighted by Gasteiger charge is 2.53. The number of aliphatic imine (C=N–C) groups is 1. The van der Waals surface area contributed by atoms with Gasteiger partial charge >= 0.3 is 0 Å². The number of aliphatic hydroxyl groups excluding tert-OH is 1. The molecule has 0 saturated heterocycles. The molecule has 0 bridgehead atoms. The van der Waals surface area contributed by atoms with Gasteiger partial charge in [-0.15, -0.1) is 0 Å². The summed E-state index contributed by atoms with van der Waals surface area (Å²) >= 11 is 3.47. The summed E-state index contributed by atoms with van der Waals surface area (Å²) < 4.78 is 39.9. The molecule has 0 spiro atoms. The topological polar surface area (TPSA) is 114 Å². The number of hydrogen-bond acceptors (Lipinski definition) is 7. The molecule has 2 N–H and O–H groups in total. The zero-order chi connectivity index (χ0) is 31.0. The van der Waals surface area contributed by atoms with Crippen LogP contribution >= 0.6 is 15.9 Å². The number of carbonyl (C=O) groups excluding carboxylic acids is 1. The highest BCUT2D eigenvalue weighted by atomic mass is 79.9. The number of sulfone groups is 1. The summed E-state index contributed by atoms with van der Waals surface area (Å²) in [6.45, 7) is 0.652. The Morgan fingerprint density at radius 1 is 0.932 bits per heavy atom. The highest BCUT2D eigenvalue weighted by molar-refractivity contribution is 9.10. The molecule has 0 fully saturated rings. The van der Waals surface area contributed by atoms with Crippen molar-refractivity contribution in [2.45, 2.75) is 35.9 Å². The molecular formula is C34H33BrN2O6S. The summed E-state index contributed by atoms with van der Waals surface area (Å²) in [5.41, 5.74) is 0.608. The smallest absolute Gasteiger partial charge is 0.252 e. The lowest BCUT2D eigenvalue weighted by Gasteiger charge is -2.30. The van der Waals surface area contributed by atoms with E-state index in [1.54, 1.807) is 54.6 Å². The maximum atomic E-state index is 14.3. The number of carbonyl (C=O) groups is 1. The van der Waals surface area contributed by atoms with E-state index in [4.69, 9.17) is 19.6 Å². The normalized spacial score (nSPS) is 17.9. The number of halogens is 1. The second-order valence-corrected chi connectivity index (χ2v) is 13.4. The number of hydrogen-bond donors (Lipinski definition) is 2. The Labute approximate surface area is 265 Å². The molecule has 1 amide bonds. The van der Waals surface area contributed by atoms with Crippen LogP contribution in [0.25, 0.3) is 0 Å². The number of rotatable bonds is 13. The van der Waals surface area contributed by atoms with Gasteiger partial charge in [0.2, 0.25) is 5.90 Å². The van der Waals surface area contributed by atoms with Crippen molar-refractivity contribution in [2.24, 2.45) is 4.99 Å². The molecule has 44 heavy (non-hydrogen) atoms. The maximum absolute atomic E-state index is 14.3. The van der Waals surface area contributed by atoms with E-state index in [2.05, 4.69) is 21.2 Å². The van der Waals surface area contributed by atoms with Crippen LogP contribution in [0.3, 0.4) is 0 Å². The Morgan fingerprint density at radius 2 is 1.59 bits per heavy atom. The van der Waals surface area contributed by atoms with Crippen LogP contribution in [0.15, 0.2) is 124 Å². The fraction of sp³-hybridized carbons (Fsp3) is 0.235. The van der Waals surface area contributed by atoms with E-state index in [0.29, 0.717) is 29.9 Å². The van der Waals surface area contributed by atoms with Crippen molar-refractivity contribution in [1.29, 1.82) is 0 Å². The minimum absolute atomic E-state index is 0.0363. The van der Waals surface area contributed by atoms with Crippen LogP contribution in [0.2, 0.25) is 0 Å². The Balaban J connectivity index is 1.54. The lowest BCUT2D eigenvalue weighted by atomic mass is 9.85. The van der Waals surface area contributed by atoms with Gasteiger partial charge in [-0.25, -0.2) is 13.4 Å². The van der Waals surface area contributed by atoms with Crippen LogP contribution in [0.5, 0.6) is 5.75 Å². The fourth-order valence-corrected chi connectivity index (χ4v) is 6.63. The van der Waals surface area contributed by atoms with Crippen molar-refractivity contribution < 1.29 is 27.8 Å². The molecule has 0 saturated carbocycles. The largest absolute Gasteiger partial charge is 0.494 e. The molecule has 10 heteroatoms. The van der Waals surface area contributed by atoms with Crippen molar-refractivity contribution in [3.63, 3.8) is 0 Å². The van der Waals surface area contributed by atoms with Crippen molar-refractivity contribution in [3.8, 4) is 5.75 Å². The van der Waals surface area contributed by atoms with Gasteiger partial charge in [-0.3, -0.25) is 4.79 Å². The second kappa shape index (κ2) is 14.2. The zero-order valence-electron chi connectivity index (χ0n) is 23.9. The third-order valence-electron chi connectivity index (χ3n) is 7.35. The van der Waals surface area contributed by atoms with Gasteiger partial charge in [0.05, 0.1) is 17.3 Å². The van der Waals surface area contributed by atoms with Crippen LogP contribution < -0.4 is 10.1 Å². The number of benzene rings is 4. The van der Waals surface area contributed by atoms with Crippen molar-refractivity contribution >= 4 is 37.6 Å². The van der Waals surface area contributed by atoms with Gasteiger partial charge in [0, 0.05) is 36.0 Å². The van der Waals surface area contributed by atoms with Crippen LogP contribution in [-0.2, 0) is 25.9 Å². The molecule has 0 radical (unpaired) electrons. The Kier molecular flexibility index (Phi) is 10.1. The molecule has 0 aliphatic carbocycles. The Morgan fingerprint density at radius 3 is 2.25 bits per heavy atom. The fourth-order valence-electron chi connectivity index (χ4n) is 4.97. The van der Waals surface area contributed by atoms with E-state index >= 15 is 0 Å².